The van der Waals surface area contributed by atoms with Crippen LogP contribution in [-0.4, -0.2) is 12.3 Å². The maximum atomic E-state index is 12.5. The molecule has 4 heteroatoms. The Balaban J connectivity index is 1.95. The highest BCUT2D eigenvalue weighted by molar-refractivity contribution is 6.30. The van der Waals surface area contributed by atoms with Gasteiger partial charge in [0.2, 0.25) is 0 Å². The number of ether oxygens (including phenoxy) is 1. The van der Waals surface area contributed by atoms with E-state index in [1.54, 1.807) is 24.3 Å². The average molecular weight is 276 g/mol. The maximum Gasteiger partial charge on any atom is 0.146 e. The first-order valence-corrected chi connectivity index (χ1v) is 6.29. The third-order valence-electron chi connectivity index (χ3n) is 2.98. The van der Waals surface area contributed by atoms with Crippen LogP contribution in [0.25, 0.3) is 0 Å². The van der Waals surface area contributed by atoms with Crippen LogP contribution >= 0.6 is 11.6 Å². The summed E-state index contributed by atoms with van der Waals surface area (Å²) in [4.78, 5) is 4.55. The first-order valence-electron chi connectivity index (χ1n) is 5.91. The minimum Gasteiger partial charge on any atom is -0.485 e. The van der Waals surface area contributed by atoms with E-state index in [0.29, 0.717) is 22.9 Å². The number of alkyl halides is 1. The highest BCUT2D eigenvalue weighted by Crippen LogP contribution is 2.33. The fourth-order valence-corrected chi connectivity index (χ4v) is 2.12. The van der Waals surface area contributed by atoms with Crippen molar-refractivity contribution in [3.8, 4) is 5.75 Å². The topological polar surface area (TPSA) is 21.6 Å². The molecule has 0 radical (unpaired) electrons. The first-order chi connectivity index (χ1) is 9.26. The highest BCUT2D eigenvalue weighted by Gasteiger charge is 2.14. The van der Waals surface area contributed by atoms with E-state index < -0.39 is 6.67 Å². The van der Waals surface area contributed by atoms with Gasteiger partial charge in [0.15, 0.2) is 0 Å². The first kappa shape index (κ1) is 12.2. The fraction of sp³-hybridized carbons (Fsp3) is 0.133. The van der Waals surface area contributed by atoms with Gasteiger partial charge in [0, 0.05) is 11.1 Å². The number of benzene rings is 2. The van der Waals surface area contributed by atoms with Gasteiger partial charge in [-0.3, -0.25) is 0 Å². The molecule has 0 saturated heterocycles. The molecule has 1 aliphatic heterocycles. The zero-order valence-electron chi connectivity index (χ0n) is 10.1. The van der Waals surface area contributed by atoms with Crippen molar-refractivity contribution in [1.82, 2.24) is 0 Å². The lowest BCUT2D eigenvalue weighted by Gasteiger charge is -2.17. The van der Waals surface area contributed by atoms with Gasteiger partial charge in [-0.05, 0) is 23.3 Å². The second-order valence-electron chi connectivity index (χ2n) is 4.29. The molecule has 0 spiro atoms. The van der Waals surface area contributed by atoms with Crippen LogP contribution in [-0.2, 0) is 6.67 Å². The number of hydrogen-bond donors (Lipinski definition) is 0. The Labute approximate surface area is 115 Å². The molecule has 19 heavy (non-hydrogen) atoms. The number of fused-ring (bicyclic) bond motifs is 1. The van der Waals surface area contributed by atoms with Gasteiger partial charge in [-0.25, -0.2) is 9.38 Å². The van der Waals surface area contributed by atoms with Crippen LogP contribution in [0.15, 0.2) is 47.5 Å². The van der Waals surface area contributed by atoms with Gasteiger partial charge < -0.3 is 4.74 Å². The molecule has 1 heterocycles. The zero-order chi connectivity index (χ0) is 13.2. The van der Waals surface area contributed by atoms with Gasteiger partial charge >= 0.3 is 0 Å². The number of aliphatic imine (C=N–C) groups is 1. The molecule has 0 fully saturated rings. The van der Waals surface area contributed by atoms with Gasteiger partial charge in [0.1, 0.15) is 24.7 Å². The Morgan fingerprint density at radius 3 is 2.68 bits per heavy atom. The summed E-state index contributed by atoms with van der Waals surface area (Å²) in [6.07, 6.45) is 0. The summed E-state index contributed by atoms with van der Waals surface area (Å²) >= 11 is 5.90. The van der Waals surface area contributed by atoms with Gasteiger partial charge in [-0.15, -0.1) is 0 Å². The normalized spacial score (nSPS) is 13.5. The molecule has 96 valence electrons. The molecule has 1 aliphatic rings. The van der Waals surface area contributed by atoms with Gasteiger partial charge in [0.25, 0.3) is 0 Å². The van der Waals surface area contributed by atoms with E-state index in [9.17, 15) is 4.39 Å². The van der Waals surface area contributed by atoms with Gasteiger partial charge in [0.05, 0.1) is 5.71 Å². The summed E-state index contributed by atoms with van der Waals surface area (Å²) < 4.78 is 18.1. The van der Waals surface area contributed by atoms with E-state index in [0.717, 1.165) is 17.0 Å². The summed E-state index contributed by atoms with van der Waals surface area (Å²) in [6, 6.07) is 12.6. The molecule has 0 saturated carbocycles. The lowest BCUT2D eigenvalue weighted by atomic mass is 10.1. The van der Waals surface area contributed by atoms with E-state index in [2.05, 4.69) is 4.99 Å². The standard InChI is InChI=1S/C15H11ClFNO/c16-12-5-6-13-15(7-12)19-9-14(18-13)11-3-1-10(8-17)2-4-11/h1-7H,8-9H2. The Hall–Kier alpha value is -1.87. The number of rotatable bonds is 2. The second kappa shape index (κ2) is 5.02. The Bertz CT molecular complexity index is 637. The maximum absolute atomic E-state index is 12.5. The smallest absolute Gasteiger partial charge is 0.146 e. The Morgan fingerprint density at radius 2 is 1.95 bits per heavy atom. The summed E-state index contributed by atoms with van der Waals surface area (Å²) in [5, 5.41) is 0.629. The van der Waals surface area contributed by atoms with Gasteiger partial charge in [-0.1, -0.05) is 35.9 Å². The van der Waals surface area contributed by atoms with E-state index in [1.807, 2.05) is 18.2 Å². The van der Waals surface area contributed by atoms with Crippen LogP contribution < -0.4 is 4.74 Å². The fourth-order valence-electron chi connectivity index (χ4n) is 1.95. The molecule has 0 aliphatic carbocycles. The van der Waals surface area contributed by atoms with Crippen molar-refractivity contribution in [2.24, 2.45) is 4.99 Å². The van der Waals surface area contributed by atoms with Crippen LogP contribution in [0.3, 0.4) is 0 Å². The summed E-state index contributed by atoms with van der Waals surface area (Å²) in [6.45, 7) is -0.0626. The van der Waals surface area contributed by atoms with E-state index in [-0.39, 0.29) is 0 Å². The minimum atomic E-state index is -0.454. The molecular weight excluding hydrogens is 265 g/mol. The van der Waals surface area contributed by atoms with Crippen LogP contribution in [0, 0.1) is 0 Å². The lowest BCUT2D eigenvalue weighted by Crippen LogP contribution is -2.16. The van der Waals surface area contributed by atoms with Crippen molar-refractivity contribution in [2.75, 3.05) is 6.61 Å². The van der Waals surface area contributed by atoms with Crippen LogP contribution in [0.5, 0.6) is 5.75 Å². The predicted molar refractivity (Wildman–Crippen MR) is 74.4 cm³/mol. The summed E-state index contributed by atoms with van der Waals surface area (Å²) in [7, 11) is 0. The molecule has 2 aromatic rings. The van der Waals surface area contributed by atoms with Crippen molar-refractivity contribution >= 4 is 23.0 Å². The van der Waals surface area contributed by atoms with E-state index >= 15 is 0 Å². The third-order valence-corrected chi connectivity index (χ3v) is 3.22. The van der Waals surface area contributed by atoms with Crippen LogP contribution in [0.2, 0.25) is 5.02 Å². The molecule has 0 unspecified atom stereocenters. The largest absolute Gasteiger partial charge is 0.485 e. The molecular formula is C15H11ClFNO. The van der Waals surface area contributed by atoms with E-state index in [1.165, 1.54) is 0 Å². The number of hydrogen-bond acceptors (Lipinski definition) is 2. The molecule has 3 rings (SSSR count). The Kier molecular flexibility index (Phi) is 3.22. The molecule has 0 atom stereocenters. The molecule has 2 nitrogen and oxygen atoms in total. The quantitative estimate of drug-likeness (QED) is 0.800. The minimum absolute atomic E-state index is 0.391. The molecule has 0 amide bonds. The summed E-state index contributed by atoms with van der Waals surface area (Å²) in [5.41, 5.74) is 3.20. The predicted octanol–water partition coefficient (Wildman–Crippen LogP) is 4.32. The van der Waals surface area contributed by atoms with Gasteiger partial charge in [-0.2, -0.15) is 0 Å². The zero-order valence-corrected chi connectivity index (χ0v) is 10.8. The van der Waals surface area contributed by atoms with Crippen molar-refractivity contribution in [3.05, 3.63) is 58.6 Å². The third kappa shape index (κ3) is 2.47. The monoisotopic (exact) mass is 275 g/mol. The molecule has 0 bridgehead atoms. The SMILES string of the molecule is FCc1ccc(C2=Nc3ccc(Cl)cc3OC2)cc1. The molecule has 2 aromatic carbocycles. The molecule has 0 aromatic heterocycles. The average Bonchev–Trinajstić information content (AvgIpc) is 2.47. The lowest BCUT2D eigenvalue weighted by molar-refractivity contribution is 0.373. The second-order valence-corrected chi connectivity index (χ2v) is 4.73. The Morgan fingerprint density at radius 1 is 1.16 bits per heavy atom. The number of nitrogens with zero attached hydrogens (tertiary/aromatic N) is 1. The van der Waals surface area contributed by atoms with Crippen molar-refractivity contribution < 1.29 is 9.13 Å². The van der Waals surface area contributed by atoms with E-state index in [4.69, 9.17) is 16.3 Å². The van der Waals surface area contributed by atoms with Crippen LogP contribution in [0.4, 0.5) is 10.1 Å². The van der Waals surface area contributed by atoms with Crippen molar-refractivity contribution in [3.63, 3.8) is 0 Å². The summed E-state index contributed by atoms with van der Waals surface area (Å²) in [5.74, 6) is 0.691. The van der Waals surface area contributed by atoms with Crippen molar-refractivity contribution in [2.45, 2.75) is 6.67 Å². The molecule has 0 N–H and O–H groups in total. The number of halogens is 2. The van der Waals surface area contributed by atoms with Crippen molar-refractivity contribution in [1.29, 1.82) is 0 Å². The highest BCUT2D eigenvalue weighted by atomic mass is 35.5. The van der Waals surface area contributed by atoms with Crippen LogP contribution in [0.1, 0.15) is 11.1 Å².